The van der Waals surface area contributed by atoms with Gasteiger partial charge < -0.3 is 5.11 Å². The third-order valence-corrected chi connectivity index (χ3v) is 5.12. The molecule has 0 saturated heterocycles. The summed E-state index contributed by atoms with van der Waals surface area (Å²) in [4.78, 5) is 11.0. The lowest BCUT2D eigenvalue weighted by atomic mass is 10.1. The summed E-state index contributed by atoms with van der Waals surface area (Å²) in [5, 5.41) is 9.01. The Morgan fingerprint density at radius 1 is 1.10 bits per heavy atom. The summed E-state index contributed by atoms with van der Waals surface area (Å²) >= 11 is 0. The van der Waals surface area contributed by atoms with Crippen molar-refractivity contribution in [2.24, 2.45) is 0 Å². The van der Waals surface area contributed by atoms with E-state index in [0.29, 0.717) is 11.3 Å². The number of aryl methyl sites for hydroxylation is 1. The minimum atomic E-state index is -3.81. The van der Waals surface area contributed by atoms with Gasteiger partial charge in [0, 0.05) is 7.05 Å². The highest BCUT2D eigenvalue weighted by Crippen LogP contribution is 2.25. The molecule has 2 aromatic rings. The van der Waals surface area contributed by atoms with Gasteiger partial charge in [0.1, 0.15) is 0 Å². The van der Waals surface area contributed by atoms with Crippen molar-refractivity contribution in [1.82, 2.24) is 0 Å². The van der Waals surface area contributed by atoms with Crippen molar-refractivity contribution in [2.75, 3.05) is 11.4 Å². The molecule has 0 fully saturated rings. The normalized spacial score (nSPS) is 11.1. The van der Waals surface area contributed by atoms with Crippen molar-refractivity contribution in [3.63, 3.8) is 0 Å². The molecule has 110 valence electrons. The van der Waals surface area contributed by atoms with Gasteiger partial charge in [-0.15, -0.1) is 0 Å². The Kier molecular flexibility index (Phi) is 3.99. The zero-order valence-corrected chi connectivity index (χ0v) is 12.5. The van der Waals surface area contributed by atoms with E-state index < -0.39 is 16.0 Å². The van der Waals surface area contributed by atoms with Crippen LogP contribution in [0.4, 0.5) is 5.69 Å². The van der Waals surface area contributed by atoms with Gasteiger partial charge in [-0.1, -0.05) is 24.3 Å². The van der Waals surface area contributed by atoms with E-state index in [1.807, 2.05) is 0 Å². The van der Waals surface area contributed by atoms with E-state index in [1.54, 1.807) is 37.3 Å². The fourth-order valence-electron chi connectivity index (χ4n) is 1.94. The minimum Gasteiger partial charge on any atom is -0.478 e. The molecule has 5 nitrogen and oxygen atoms in total. The van der Waals surface area contributed by atoms with Crippen LogP contribution in [0.25, 0.3) is 0 Å². The van der Waals surface area contributed by atoms with Crippen LogP contribution in [-0.2, 0) is 10.0 Å². The van der Waals surface area contributed by atoms with Crippen LogP contribution in [-0.4, -0.2) is 26.5 Å². The molecule has 0 aliphatic heterocycles. The number of nitrogens with zero attached hydrogens (tertiary/aromatic N) is 1. The highest BCUT2D eigenvalue weighted by Gasteiger charge is 2.24. The first-order valence-corrected chi connectivity index (χ1v) is 7.66. The van der Waals surface area contributed by atoms with Crippen LogP contribution < -0.4 is 4.31 Å². The number of hydrogen-bond acceptors (Lipinski definition) is 3. The summed E-state index contributed by atoms with van der Waals surface area (Å²) in [6, 6.07) is 12.7. The molecule has 2 aromatic carbocycles. The Hall–Kier alpha value is -2.34. The Morgan fingerprint density at radius 3 is 2.29 bits per heavy atom. The van der Waals surface area contributed by atoms with Gasteiger partial charge in [-0.2, -0.15) is 0 Å². The van der Waals surface area contributed by atoms with Crippen molar-refractivity contribution in [3.8, 4) is 0 Å². The number of benzene rings is 2. The van der Waals surface area contributed by atoms with Crippen LogP contribution in [0.15, 0.2) is 53.4 Å². The SMILES string of the molecule is Cc1ccc(C(=O)O)cc1S(=O)(=O)N(C)c1ccccc1. The standard InChI is InChI=1S/C15H15NO4S/c1-11-8-9-12(15(17)18)10-14(11)21(19,20)16(2)13-6-4-3-5-7-13/h3-10H,1-2H3,(H,17,18). The summed E-state index contributed by atoms with van der Waals surface area (Å²) in [6.45, 7) is 1.64. The lowest BCUT2D eigenvalue weighted by molar-refractivity contribution is 0.0696. The molecule has 6 heteroatoms. The van der Waals surface area contributed by atoms with E-state index in [-0.39, 0.29) is 10.5 Å². The first kappa shape index (κ1) is 15.1. The first-order chi connectivity index (χ1) is 9.84. The van der Waals surface area contributed by atoms with E-state index >= 15 is 0 Å². The number of hydrogen-bond donors (Lipinski definition) is 1. The number of para-hydroxylation sites is 1. The second kappa shape index (κ2) is 5.57. The topological polar surface area (TPSA) is 74.7 Å². The number of carbonyl (C=O) groups is 1. The van der Waals surface area contributed by atoms with E-state index in [4.69, 9.17) is 5.11 Å². The number of aromatic carboxylic acids is 1. The van der Waals surface area contributed by atoms with Gasteiger partial charge >= 0.3 is 5.97 Å². The van der Waals surface area contributed by atoms with Crippen LogP contribution in [0.2, 0.25) is 0 Å². The largest absolute Gasteiger partial charge is 0.478 e. The Morgan fingerprint density at radius 2 is 1.71 bits per heavy atom. The third kappa shape index (κ3) is 2.90. The van der Waals surface area contributed by atoms with Crippen LogP contribution >= 0.6 is 0 Å². The molecule has 0 amide bonds. The number of carboxylic acids is 1. The fourth-order valence-corrected chi connectivity index (χ4v) is 3.38. The lowest BCUT2D eigenvalue weighted by Gasteiger charge is -2.20. The predicted octanol–water partition coefficient (Wildman–Crippen LogP) is 2.52. The van der Waals surface area contributed by atoms with Crippen molar-refractivity contribution < 1.29 is 18.3 Å². The number of sulfonamides is 1. The lowest BCUT2D eigenvalue weighted by Crippen LogP contribution is -2.27. The molecule has 2 rings (SSSR count). The molecule has 0 radical (unpaired) electrons. The zero-order valence-electron chi connectivity index (χ0n) is 11.6. The molecular formula is C15H15NO4S. The molecule has 0 aliphatic rings. The second-order valence-corrected chi connectivity index (χ2v) is 6.53. The predicted molar refractivity (Wildman–Crippen MR) is 80.2 cm³/mol. The maximum atomic E-state index is 12.7. The summed E-state index contributed by atoms with van der Waals surface area (Å²) in [7, 11) is -2.37. The molecule has 0 spiro atoms. The van der Waals surface area contributed by atoms with Crippen molar-refractivity contribution in [1.29, 1.82) is 0 Å². The van der Waals surface area contributed by atoms with E-state index in [0.717, 1.165) is 4.31 Å². The summed E-state index contributed by atoms with van der Waals surface area (Å²) in [5.41, 5.74) is 0.959. The number of carboxylic acid groups (broad SMARTS) is 1. The summed E-state index contributed by atoms with van der Waals surface area (Å²) < 4.78 is 26.5. The van der Waals surface area contributed by atoms with Crippen molar-refractivity contribution in [3.05, 3.63) is 59.7 Å². The Bertz CT molecular complexity index is 770. The zero-order chi connectivity index (χ0) is 15.6. The molecule has 0 heterocycles. The first-order valence-electron chi connectivity index (χ1n) is 6.22. The van der Waals surface area contributed by atoms with Gasteiger partial charge in [0.2, 0.25) is 0 Å². The highest BCUT2D eigenvalue weighted by atomic mass is 32.2. The molecular weight excluding hydrogens is 290 g/mol. The third-order valence-electron chi connectivity index (χ3n) is 3.19. The van der Waals surface area contributed by atoms with E-state index in [9.17, 15) is 13.2 Å². The van der Waals surface area contributed by atoms with Crippen LogP contribution in [0.1, 0.15) is 15.9 Å². The van der Waals surface area contributed by atoms with E-state index in [2.05, 4.69) is 0 Å². The van der Waals surface area contributed by atoms with Gasteiger partial charge in [0.25, 0.3) is 10.0 Å². The summed E-state index contributed by atoms with van der Waals surface area (Å²) in [6.07, 6.45) is 0. The molecule has 0 bridgehead atoms. The molecule has 0 unspecified atom stereocenters. The quantitative estimate of drug-likeness (QED) is 0.942. The monoisotopic (exact) mass is 305 g/mol. The van der Waals surface area contributed by atoms with Gasteiger partial charge in [0.05, 0.1) is 16.1 Å². The van der Waals surface area contributed by atoms with Crippen LogP contribution in [0, 0.1) is 6.92 Å². The average Bonchev–Trinajstić information content (AvgIpc) is 2.47. The molecule has 0 atom stereocenters. The van der Waals surface area contributed by atoms with Crippen molar-refractivity contribution in [2.45, 2.75) is 11.8 Å². The average molecular weight is 305 g/mol. The van der Waals surface area contributed by atoms with Gasteiger partial charge in [0.15, 0.2) is 0 Å². The molecule has 0 aliphatic carbocycles. The second-order valence-electron chi connectivity index (χ2n) is 4.59. The Labute approximate surface area is 123 Å². The van der Waals surface area contributed by atoms with Crippen LogP contribution in [0.3, 0.4) is 0 Å². The maximum Gasteiger partial charge on any atom is 0.335 e. The van der Waals surface area contributed by atoms with Gasteiger partial charge in [-0.25, -0.2) is 13.2 Å². The maximum absolute atomic E-state index is 12.7. The van der Waals surface area contributed by atoms with Crippen LogP contribution in [0.5, 0.6) is 0 Å². The number of rotatable bonds is 4. The van der Waals surface area contributed by atoms with Crippen molar-refractivity contribution >= 4 is 21.7 Å². The Balaban J connectivity index is 2.54. The molecule has 1 N–H and O–H groups in total. The number of anilines is 1. The molecule has 0 aromatic heterocycles. The fraction of sp³-hybridized carbons (Fsp3) is 0.133. The molecule has 21 heavy (non-hydrogen) atoms. The molecule has 0 saturated carbocycles. The van der Waals surface area contributed by atoms with E-state index in [1.165, 1.54) is 25.2 Å². The highest BCUT2D eigenvalue weighted by molar-refractivity contribution is 7.92. The van der Waals surface area contributed by atoms with Gasteiger partial charge in [-0.05, 0) is 36.8 Å². The minimum absolute atomic E-state index is 0.00578. The smallest absolute Gasteiger partial charge is 0.335 e. The van der Waals surface area contributed by atoms with Gasteiger partial charge in [-0.3, -0.25) is 4.31 Å². The summed E-state index contributed by atoms with van der Waals surface area (Å²) in [5.74, 6) is -1.16.